The lowest BCUT2D eigenvalue weighted by molar-refractivity contribution is 0.0297. The van der Waals surface area contributed by atoms with Gasteiger partial charge in [-0.15, -0.1) is 0 Å². The SMILES string of the molecule is CCCC1CCCC(NCCCN(C)C(=O)OC(C)(C)C)CC1. The third-order valence-corrected chi connectivity index (χ3v) is 4.59. The van der Waals surface area contributed by atoms with Crippen molar-refractivity contribution in [1.82, 2.24) is 10.2 Å². The third kappa shape index (κ3) is 9.19. The number of ether oxygens (including phenoxy) is 1. The molecule has 0 radical (unpaired) electrons. The minimum atomic E-state index is -0.418. The van der Waals surface area contributed by atoms with Crippen LogP contribution < -0.4 is 5.32 Å². The Bertz CT molecular complexity index is 339. The Labute approximate surface area is 143 Å². The number of carbonyl (C=O) groups is 1. The maximum absolute atomic E-state index is 11.9. The summed E-state index contributed by atoms with van der Waals surface area (Å²) in [6.07, 6.45) is 10.2. The molecule has 2 atom stereocenters. The van der Waals surface area contributed by atoms with Crippen molar-refractivity contribution in [3.63, 3.8) is 0 Å². The van der Waals surface area contributed by atoms with Crippen molar-refractivity contribution in [3.8, 4) is 0 Å². The maximum atomic E-state index is 11.9. The van der Waals surface area contributed by atoms with Gasteiger partial charge in [0, 0.05) is 19.6 Å². The quantitative estimate of drug-likeness (QED) is 0.550. The molecule has 4 heteroatoms. The van der Waals surface area contributed by atoms with E-state index in [0.717, 1.165) is 25.4 Å². The van der Waals surface area contributed by atoms with Crippen molar-refractivity contribution < 1.29 is 9.53 Å². The first-order valence-electron chi connectivity index (χ1n) is 9.49. The van der Waals surface area contributed by atoms with Crippen LogP contribution in [0.2, 0.25) is 0 Å². The van der Waals surface area contributed by atoms with E-state index in [1.807, 2.05) is 27.8 Å². The summed E-state index contributed by atoms with van der Waals surface area (Å²) in [6.45, 7) is 9.72. The second kappa shape index (κ2) is 10.2. The summed E-state index contributed by atoms with van der Waals surface area (Å²) in [4.78, 5) is 13.6. The number of nitrogens with one attached hydrogen (secondary N) is 1. The van der Waals surface area contributed by atoms with Crippen molar-refractivity contribution in [3.05, 3.63) is 0 Å². The van der Waals surface area contributed by atoms with E-state index >= 15 is 0 Å². The molecule has 0 aromatic rings. The van der Waals surface area contributed by atoms with Gasteiger partial charge in [-0.1, -0.05) is 32.6 Å². The molecule has 0 spiro atoms. The molecule has 136 valence electrons. The topological polar surface area (TPSA) is 41.6 Å². The highest BCUT2D eigenvalue weighted by molar-refractivity contribution is 5.67. The molecule has 1 saturated carbocycles. The van der Waals surface area contributed by atoms with Crippen LogP contribution in [-0.4, -0.2) is 42.8 Å². The maximum Gasteiger partial charge on any atom is 0.410 e. The molecular weight excluding hydrogens is 288 g/mol. The number of nitrogens with zero attached hydrogens (tertiary/aromatic N) is 1. The third-order valence-electron chi connectivity index (χ3n) is 4.59. The molecule has 1 N–H and O–H groups in total. The van der Waals surface area contributed by atoms with Gasteiger partial charge in [0.25, 0.3) is 0 Å². The van der Waals surface area contributed by atoms with E-state index in [1.54, 1.807) is 4.90 Å². The van der Waals surface area contributed by atoms with E-state index in [-0.39, 0.29) is 6.09 Å². The molecule has 1 rings (SSSR count). The lowest BCUT2D eigenvalue weighted by atomic mass is 9.95. The average molecular weight is 327 g/mol. The highest BCUT2D eigenvalue weighted by Crippen LogP contribution is 2.26. The van der Waals surface area contributed by atoms with E-state index in [0.29, 0.717) is 6.04 Å². The molecule has 1 aliphatic carbocycles. The standard InChI is InChI=1S/C19H38N2O2/c1-6-9-16-10-7-11-17(13-12-16)20-14-8-15-21(5)18(22)23-19(2,3)4/h16-17,20H,6-15H2,1-5H3. The Morgan fingerprint density at radius 2 is 1.96 bits per heavy atom. The van der Waals surface area contributed by atoms with Crippen LogP contribution >= 0.6 is 0 Å². The molecule has 0 bridgehead atoms. The summed E-state index contributed by atoms with van der Waals surface area (Å²) in [7, 11) is 1.81. The predicted octanol–water partition coefficient (Wildman–Crippen LogP) is 4.58. The normalized spacial score (nSPS) is 22.5. The number of hydrogen-bond donors (Lipinski definition) is 1. The predicted molar refractivity (Wildman–Crippen MR) is 96.8 cm³/mol. The summed E-state index contributed by atoms with van der Waals surface area (Å²) >= 11 is 0. The van der Waals surface area contributed by atoms with Crippen LogP contribution in [0.15, 0.2) is 0 Å². The largest absolute Gasteiger partial charge is 0.444 e. The van der Waals surface area contributed by atoms with Gasteiger partial charge >= 0.3 is 6.09 Å². The van der Waals surface area contributed by atoms with E-state index in [4.69, 9.17) is 4.74 Å². The van der Waals surface area contributed by atoms with Gasteiger partial charge in [0.2, 0.25) is 0 Å². The first-order chi connectivity index (χ1) is 10.8. The molecule has 2 unspecified atom stereocenters. The Kier molecular flexibility index (Phi) is 8.96. The molecule has 0 aromatic heterocycles. The van der Waals surface area contributed by atoms with Gasteiger partial charge in [0.15, 0.2) is 0 Å². The zero-order chi connectivity index (χ0) is 17.3. The van der Waals surface area contributed by atoms with E-state index < -0.39 is 5.60 Å². The van der Waals surface area contributed by atoms with Gasteiger partial charge in [-0.05, 0) is 58.9 Å². The van der Waals surface area contributed by atoms with E-state index in [9.17, 15) is 4.79 Å². The van der Waals surface area contributed by atoms with Gasteiger partial charge in [-0.25, -0.2) is 4.79 Å². The molecular formula is C19H38N2O2. The molecule has 4 nitrogen and oxygen atoms in total. The molecule has 0 heterocycles. The highest BCUT2D eigenvalue weighted by Gasteiger charge is 2.20. The summed E-state index contributed by atoms with van der Waals surface area (Å²) in [5.74, 6) is 0.949. The first-order valence-corrected chi connectivity index (χ1v) is 9.49. The smallest absolute Gasteiger partial charge is 0.410 e. The van der Waals surface area contributed by atoms with Gasteiger partial charge < -0.3 is 15.0 Å². The Morgan fingerprint density at radius 3 is 2.61 bits per heavy atom. The van der Waals surface area contributed by atoms with Crippen LogP contribution in [0.3, 0.4) is 0 Å². The lowest BCUT2D eigenvalue weighted by Crippen LogP contribution is -2.36. The summed E-state index contributed by atoms with van der Waals surface area (Å²) in [5, 5.41) is 3.69. The second-order valence-electron chi connectivity index (χ2n) is 8.07. The minimum absolute atomic E-state index is 0.227. The van der Waals surface area contributed by atoms with Crippen molar-refractivity contribution in [2.45, 2.75) is 90.7 Å². The average Bonchev–Trinajstić information content (AvgIpc) is 2.67. The lowest BCUT2D eigenvalue weighted by Gasteiger charge is -2.25. The van der Waals surface area contributed by atoms with Gasteiger partial charge in [0.05, 0.1) is 0 Å². The van der Waals surface area contributed by atoms with Crippen molar-refractivity contribution in [2.24, 2.45) is 5.92 Å². The van der Waals surface area contributed by atoms with Gasteiger partial charge in [-0.3, -0.25) is 0 Å². The van der Waals surface area contributed by atoms with E-state index in [1.165, 1.54) is 44.9 Å². The van der Waals surface area contributed by atoms with Crippen LogP contribution in [-0.2, 0) is 4.74 Å². The Balaban J connectivity index is 2.15. The Morgan fingerprint density at radius 1 is 1.22 bits per heavy atom. The number of amides is 1. The fourth-order valence-corrected chi connectivity index (χ4v) is 3.33. The van der Waals surface area contributed by atoms with E-state index in [2.05, 4.69) is 12.2 Å². The van der Waals surface area contributed by atoms with Crippen LogP contribution in [0.1, 0.15) is 79.1 Å². The highest BCUT2D eigenvalue weighted by atomic mass is 16.6. The molecule has 0 aromatic carbocycles. The molecule has 0 saturated heterocycles. The van der Waals surface area contributed by atoms with Crippen LogP contribution in [0.4, 0.5) is 4.79 Å². The van der Waals surface area contributed by atoms with Crippen LogP contribution in [0, 0.1) is 5.92 Å². The minimum Gasteiger partial charge on any atom is -0.444 e. The van der Waals surface area contributed by atoms with Gasteiger partial charge in [0.1, 0.15) is 5.60 Å². The van der Waals surface area contributed by atoms with Crippen molar-refractivity contribution >= 4 is 6.09 Å². The Hall–Kier alpha value is -0.770. The monoisotopic (exact) mass is 326 g/mol. The fraction of sp³-hybridized carbons (Fsp3) is 0.947. The zero-order valence-electron chi connectivity index (χ0n) is 16.0. The molecule has 1 aliphatic rings. The molecule has 0 aliphatic heterocycles. The summed E-state index contributed by atoms with van der Waals surface area (Å²) < 4.78 is 5.36. The van der Waals surface area contributed by atoms with Gasteiger partial charge in [-0.2, -0.15) is 0 Å². The van der Waals surface area contributed by atoms with Crippen molar-refractivity contribution in [2.75, 3.05) is 20.1 Å². The summed E-state index contributed by atoms with van der Waals surface area (Å²) in [6, 6.07) is 0.670. The van der Waals surface area contributed by atoms with Crippen LogP contribution in [0.25, 0.3) is 0 Å². The summed E-state index contributed by atoms with van der Waals surface area (Å²) in [5.41, 5.74) is -0.418. The molecule has 23 heavy (non-hydrogen) atoms. The molecule has 1 amide bonds. The number of hydrogen-bond acceptors (Lipinski definition) is 3. The second-order valence-corrected chi connectivity index (χ2v) is 8.07. The zero-order valence-corrected chi connectivity index (χ0v) is 16.0. The molecule has 1 fully saturated rings. The van der Waals surface area contributed by atoms with Crippen LogP contribution in [0.5, 0.6) is 0 Å². The van der Waals surface area contributed by atoms with Crippen molar-refractivity contribution in [1.29, 1.82) is 0 Å². The number of carbonyl (C=O) groups excluding carboxylic acids is 1. The fourth-order valence-electron chi connectivity index (χ4n) is 3.33. The first kappa shape index (κ1) is 20.3. The number of rotatable bonds is 7.